The first-order chi connectivity index (χ1) is 10.6. The van der Waals surface area contributed by atoms with Crippen LogP contribution in [-0.2, 0) is 4.74 Å². The SMILES string of the molecule is O=C(Nc1nccs1)OC1CCOc2ccc(Cl)cc2C1=O. The minimum Gasteiger partial charge on any atom is -0.493 e. The molecule has 0 saturated heterocycles. The summed E-state index contributed by atoms with van der Waals surface area (Å²) in [5.74, 6) is 0.116. The number of benzene rings is 1. The highest BCUT2D eigenvalue weighted by Crippen LogP contribution is 2.28. The summed E-state index contributed by atoms with van der Waals surface area (Å²) in [5, 5.41) is 5.02. The van der Waals surface area contributed by atoms with Crippen LogP contribution in [0, 0.1) is 0 Å². The van der Waals surface area contributed by atoms with Crippen molar-refractivity contribution in [1.82, 2.24) is 4.98 Å². The molecule has 0 aliphatic carbocycles. The molecule has 0 radical (unpaired) electrons. The molecule has 1 aromatic carbocycles. The van der Waals surface area contributed by atoms with Gasteiger partial charge in [-0.25, -0.2) is 9.78 Å². The zero-order chi connectivity index (χ0) is 15.5. The molecule has 2 heterocycles. The van der Waals surface area contributed by atoms with Gasteiger partial charge in [0, 0.05) is 23.0 Å². The average Bonchev–Trinajstić information content (AvgIpc) is 2.94. The first kappa shape index (κ1) is 14.8. The molecule has 114 valence electrons. The monoisotopic (exact) mass is 338 g/mol. The molecule has 1 N–H and O–H groups in total. The second kappa shape index (κ2) is 6.33. The molecule has 1 aromatic heterocycles. The molecular weight excluding hydrogens is 328 g/mol. The standard InChI is InChI=1S/C14H11ClN2O4S/c15-8-1-2-10-9(7-8)12(18)11(3-5-20-10)21-14(19)17-13-16-4-6-22-13/h1-2,4,6-7,11H,3,5H2,(H,16,17,19). The van der Waals surface area contributed by atoms with Gasteiger partial charge in [0.2, 0.25) is 5.78 Å². The molecule has 0 bridgehead atoms. The van der Waals surface area contributed by atoms with Gasteiger partial charge in [-0.05, 0) is 18.2 Å². The van der Waals surface area contributed by atoms with Crippen molar-refractivity contribution in [2.75, 3.05) is 11.9 Å². The number of anilines is 1. The van der Waals surface area contributed by atoms with E-state index in [1.54, 1.807) is 23.7 Å². The fraction of sp³-hybridized carbons (Fsp3) is 0.214. The highest BCUT2D eigenvalue weighted by molar-refractivity contribution is 7.13. The molecule has 6 nitrogen and oxygen atoms in total. The molecule has 22 heavy (non-hydrogen) atoms. The van der Waals surface area contributed by atoms with Gasteiger partial charge in [-0.2, -0.15) is 0 Å². The second-order valence-corrected chi connectivity index (χ2v) is 5.83. The summed E-state index contributed by atoms with van der Waals surface area (Å²) in [6, 6.07) is 4.79. The van der Waals surface area contributed by atoms with E-state index in [0.29, 0.717) is 21.5 Å². The molecule has 1 atom stereocenters. The highest BCUT2D eigenvalue weighted by Gasteiger charge is 2.30. The lowest BCUT2D eigenvalue weighted by Crippen LogP contribution is -2.29. The lowest BCUT2D eigenvalue weighted by Gasteiger charge is -2.13. The fourth-order valence-corrected chi connectivity index (χ4v) is 2.73. The third kappa shape index (κ3) is 3.20. The Morgan fingerprint density at radius 2 is 2.36 bits per heavy atom. The first-order valence-electron chi connectivity index (χ1n) is 6.47. The van der Waals surface area contributed by atoms with Crippen molar-refractivity contribution in [2.24, 2.45) is 0 Å². The summed E-state index contributed by atoms with van der Waals surface area (Å²) in [7, 11) is 0. The van der Waals surface area contributed by atoms with Crippen LogP contribution in [0.3, 0.4) is 0 Å². The Bertz CT molecular complexity index is 705. The zero-order valence-corrected chi connectivity index (χ0v) is 12.8. The van der Waals surface area contributed by atoms with Crippen LogP contribution >= 0.6 is 22.9 Å². The summed E-state index contributed by atoms with van der Waals surface area (Å²) < 4.78 is 10.7. The molecule has 0 saturated carbocycles. The maximum Gasteiger partial charge on any atom is 0.414 e. The number of aromatic nitrogens is 1. The van der Waals surface area contributed by atoms with E-state index in [-0.39, 0.29) is 18.8 Å². The number of nitrogens with one attached hydrogen (secondary N) is 1. The summed E-state index contributed by atoms with van der Waals surface area (Å²) in [6.45, 7) is 0.273. The van der Waals surface area contributed by atoms with E-state index in [2.05, 4.69) is 10.3 Å². The third-order valence-corrected chi connectivity index (χ3v) is 3.95. The number of ketones is 1. The van der Waals surface area contributed by atoms with Crippen molar-refractivity contribution in [3.63, 3.8) is 0 Å². The van der Waals surface area contributed by atoms with E-state index in [1.165, 1.54) is 17.4 Å². The van der Waals surface area contributed by atoms with Crippen LogP contribution in [0.25, 0.3) is 0 Å². The minimum atomic E-state index is -0.917. The van der Waals surface area contributed by atoms with Crippen molar-refractivity contribution in [2.45, 2.75) is 12.5 Å². The number of halogens is 1. The number of ether oxygens (including phenoxy) is 2. The van der Waals surface area contributed by atoms with Gasteiger partial charge >= 0.3 is 6.09 Å². The van der Waals surface area contributed by atoms with Crippen LogP contribution in [0.5, 0.6) is 5.75 Å². The van der Waals surface area contributed by atoms with Crippen LogP contribution in [0.2, 0.25) is 5.02 Å². The van der Waals surface area contributed by atoms with Crippen molar-refractivity contribution in [3.05, 3.63) is 40.4 Å². The van der Waals surface area contributed by atoms with Crippen LogP contribution in [0.4, 0.5) is 9.93 Å². The summed E-state index contributed by atoms with van der Waals surface area (Å²) in [4.78, 5) is 28.2. The molecule has 1 aliphatic rings. The average molecular weight is 339 g/mol. The predicted octanol–water partition coefficient (Wildman–Crippen LogP) is 3.38. The quantitative estimate of drug-likeness (QED) is 0.908. The number of hydrogen-bond acceptors (Lipinski definition) is 6. The second-order valence-electron chi connectivity index (χ2n) is 4.50. The lowest BCUT2D eigenvalue weighted by molar-refractivity contribution is 0.0638. The van der Waals surface area contributed by atoms with Crippen LogP contribution in [0.1, 0.15) is 16.8 Å². The number of fused-ring (bicyclic) bond motifs is 1. The van der Waals surface area contributed by atoms with Crippen LogP contribution in [0.15, 0.2) is 29.8 Å². The van der Waals surface area contributed by atoms with E-state index in [0.717, 1.165) is 0 Å². The molecular formula is C14H11ClN2O4S. The molecule has 0 spiro atoms. The number of thiazole rings is 1. The van der Waals surface area contributed by atoms with Gasteiger partial charge in [0.25, 0.3) is 0 Å². The van der Waals surface area contributed by atoms with E-state index >= 15 is 0 Å². The highest BCUT2D eigenvalue weighted by atomic mass is 35.5. The Morgan fingerprint density at radius 1 is 1.50 bits per heavy atom. The number of nitrogens with zero attached hydrogens (tertiary/aromatic N) is 1. The Hall–Kier alpha value is -2.12. The Kier molecular flexibility index (Phi) is 4.26. The van der Waals surface area contributed by atoms with Crippen molar-refractivity contribution in [3.8, 4) is 5.75 Å². The molecule has 1 amide bonds. The molecule has 1 aliphatic heterocycles. The Balaban J connectivity index is 1.74. The van der Waals surface area contributed by atoms with Gasteiger partial charge in [0.1, 0.15) is 5.75 Å². The summed E-state index contributed by atoms with van der Waals surface area (Å²) in [6.07, 6.45) is 0.193. The van der Waals surface area contributed by atoms with Crippen LogP contribution in [-0.4, -0.2) is 29.6 Å². The van der Waals surface area contributed by atoms with E-state index in [9.17, 15) is 9.59 Å². The van der Waals surface area contributed by atoms with E-state index in [1.807, 2.05) is 0 Å². The predicted molar refractivity (Wildman–Crippen MR) is 81.9 cm³/mol. The van der Waals surface area contributed by atoms with E-state index in [4.69, 9.17) is 21.1 Å². The first-order valence-corrected chi connectivity index (χ1v) is 7.73. The fourth-order valence-electron chi connectivity index (χ4n) is 2.04. The number of carbonyl (C=O) groups excluding carboxylic acids is 2. The largest absolute Gasteiger partial charge is 0.493 e. The summed E-state index contributed by atoms with van der Waals surface area (Å²) in [5.41, 5.74) is 0.317. The number of rotatable bonds is 2. The topological polar surface area (TPSA) is 77.5 Å². The zero-order valence-electron chi connectivity index (χ0n) is 11.2. The number of carbonyl (C=O) groups is 2. The van der Waals surface area contributed by atoms with Gasteiger partial charge < -0.3 is 9.47 Å². The maximum absolute atomic E-state index is 12.5. The van der Waals surface area contributed by atoms with Crippen LogP contribution < -0.4 is 10.1 Å². The van der Waals surface area contributed by atoms with E-state index < -0.39 is 12.2 Å². The Morgan fingerprint density at radius 3 is 3.14 bits per heavy atom. The van der Waals surface area contributed by atoms with Crippen molar-refractivity contribution < 1.29 is 19.1 Å². The van der Waals surface area contributed by atoms with Gasteiger partial charge in [0.15, 0.2) is 11.2 Å². The number of hydrogen-bond donors (Lipinski definition) is 1. The molecule has 3 rings (SSSR count). The minimum absolute atomic E-state index is 0.273. The number of Topliss-reactive ketones (excluding diaryl/α,β-unsaturated/α-hetero) is 1. The molecule has 2 aromatic rings. The summed E-state index contributed by atoms with van der Waals surface area (Å²) >= 11 is 7.17. The molecule has 1 unspecified atom stereocenters. The van der Waals surface area contributed by atoms with Gasteiger partial charge in [0.05, 0.1) is 12.2 Å². The Labute approximate surface area is 135 Å². The van der Waals surface area contributed by atoms with Gasteiger partial charge in [-0.1, -0.05) is 11.6 Å². The smallest absolute Gasteiger partial charge is 0.414 e. The normalized spacial score (nSPS) is 17.1. The third-order valence-electron chi connectivity index (χ3n) is 3.03. The van der Waals surface area contributed by atoms with Gasteiger partial charge in [-0.15, -0.1) is 11.3 Å². The maximum atomic E-state index is 12.5. The van der Waals surface area contributed by atoms with Gasteiger partial charge in [-0.3, -0.25) is 10.1 Å². The van der Waals surface area contributed by atoms with Crippen molar-refractivity contribution >= 4 is 39.9 Å². The molecule has 0 fully saturated rings. The van der Waals surface area contributed by atoms with Crippen molar-refractivity contribution in [1.29, 1.82) is 0 Å². The number of amides is 1. The molecule has 8 heteroatoms. The lowest BCUT2D eigenvalue weighted by atomic mass is 10.0.